The lowest BCUT2D eigenvalue weighted by Gasteiger charge is -2.10. The van der Waals surface area contributed by atoms with E-state index in [4.69, 9.17) is 0 Å². The second-order valence-corrected chi connectivity index (χ2v) is 5.74. The predicted molar refractivity (Wildman–Crippen MR) is 92.0 cm³/mol. The normalized spacial score (nSPS) is 10.8. The van der Waals surface area contributed by atoms with Gasteiger partial charge >= 0.3 is 5.69 Å². The summed E-state index contributed by atoms with van der Waals surface area (Å²) in [6, 6.07) is 9.62. The van der Waals surface area contributed by atoms with Crippen molar-refractivity contribution in [2.75, 3.05) is 6.54 Å². The van der Waals surface area contributed by atoms with E-state index in [1.165, 1.54) is 10.6 Å². The van der Waals surface area contributed by atoms with Crippen LogP contribution < -0.4 is 11.0 Å². The van der Waals surface area contributed by atoms with Crippen LogP contribution in [0.25, 0.3) is 10.9 Å². The van der Waals surface area contributed by atoms with Crippen LogP contribution in [0.15, 0.2) is 41.2 Å². The number of fused-ring (bicyclic) bond motifs is 1. The summed E-state index contributed by atoms with van der Waals surface area (Å²) in [7, 11) is 0. The first-order valence-electron chi connectivity index (χ1n) is 7.84. The fourth-order valence-corrected chi connectivity index (χ4v) is 2.66. The van der Waals surface area contributed by atoms with E-state index in [9.17, 15) is 14.0 Å². The third-order valence-corrected chi connectivity index (χ3v) is 3.87. The number of carbonyl (C=O) groups is 1. The molecule has 6 nitrogen and oxygen atoms in total. The number of halogens is 1. The van der Waals surface area contributed by atoms with Crippen LogP contribution in [-0.4, -0.2) is 27.0 Å². The minimum Gasteiger partial charge on any atom is -0.349 e. The maximum atomic E-state index is 13.8. The van der Waals surface area contributed by atoms with Gasteiger partial charge in [-0.25, -0.2) is 14.2 Å². The summed E-state index contributed by atoms with van der Waals surface area (Å²) in [5.41, 5.74) is 1.37. The van der Waals surface area contributed by atoms with Crippen LogP contribution in [0, 0.1) is 19.7 Å². The van der Waals surface area contributed by atoms with Crippen molar-refractivity contribution in [1.29, 1.82) is 0 Å². The average molecular weight is 340 g/mol. The fraction of sp³-hybridized carbons (Fsp3) is 0.222. The number of aromatic nitrogens is 3. The summed E-state index contributed by atoms with van der Waals surface area (Å²) in [5.74, 6) is -0.893. The monoisotopic (exact) mass is 340 g/mol. The lowest BCUT2D eigenvalue weighted by molar-refractivity contribution is 0.0947. The van der Waals surface area contributed by atoms with Crippen LogP contribution in [-0.2, 0) is 6.54 Å². The van der Waals surface area contributed by atoms with Gasteiger partial charge in [0.1, 0.15) is 17.0 Å². The largest absolute Gasteiger partial charge is 0.349 e. The summed E-state index contributed by atoms with van der Waals surface area (Å²) in [4.78, 5) is 32.0. The van der Waals surface area contributed by atoms with Crippen LogP contribution in [0.2, 0.25) is 0 Å². The number of hydrogen-bond donors (Lipinski definition) is 1. The minimum atomic E-state index is -0.472. The molecule has 0 saturated heterocycles. The first kappa shape index (κ1) is 16.8. The Morgan fingerprint density at radius 2 is 2.00 bits per heavy atom. The highest BCUT2D eigenvalue weighted by molar-refractivity contribution is 5.94. The summed E-state index contributed by atoms with van der Waals surface area (Å²) < 4.78 is 15.3. The first-order valence-corrected chi connectivity index (χ1v) is 7.84. The number of para-hydroxylation sites is 1. The Balaban J connectivity index is 1.71. The molecule has 0 aliphatic heterocycles. The summed E-state index contributed by atoms with van der Waals surface area (Å²) in [6.45, 7) is 4.10. The molecule has 0 aliphatic rings. The molecule has 0 radical (unpaired) electrons. The molecule has 0 spiro atoms. The van der Waals surface area contributed by atoms with Gasteiger partial charge in [-0.05, 0) is 32.0 Å². The van der Waals surface area contributed by atoms with Crippen molar-refractivity contribution in [1.82, 2.24) is 19.9 Å². The lowest BCUT2D eigenvalue weighted by Crippen LogP contribution is -2.33. The van der Waals surface area contributed by atoms with Crippen LogP contribution in [0.4, 0.5) is 4.39 Å². The lowest BCUT2D eigenvalue weighted by atomic mass is 10.2. The van der Waals surface area contributed by atoms with Crippen LogP contribution in [0.3, 0.4) is 0 Å². The van der Waals surface area contributed by atoms with Gasteiger partial charge in [0.05, 0.1) is 0 Å². The van der Waals surface area contributed by atoms with Gasteiger partial charge in [-0.2, -0.15) is 4.98 Å². The van der Waals surface area contributed by atoms with Gasteiger partial charge in [0.15, 0.2) is 0 Å². The summed E-state index contributed by atoms with van der Waals surface area (Å²) >= 11 is 0. The molecule has 1 amide bonds. The third-order valence-electron chi connectivity index (χ3n) is 3.87. The van der Waals surface area contributed by atoms with Gasteiger partial charge in [0, 0.05) is 29.9 Å². The number of pyridine rings is 1. The second-order valence-electron chi connectivity index (χ2n) is 5.74. The number of benzene rings is 1. The zero-order chi connectivity index (χ0) is 18.0. The smallest absolute Gasteiger partial charge is 0.348 e. The van der Waals surface area contributed by atoms with Crippen molar-refractivity contribution in [3.05, 3.63) is 69.8 Å². The summed E-state index contributed by atoms with van der Waals surface area (Å²) in [6.07, 6.45) is 0. The molecular weight excluding hydrogens is 323 g/mol. The fourth-order valence-electron chi connectivity index (χ4n) is 2.66. The Labute approximate surface area is 143 Å². The van der Waals surface area contributed by atoms with Gasteiger partial charge < -0.3 is 5.32 Å². The molecule has 25 heavy (non-hydrogen) atoms. The van der Waals surface area contributed by atoms with Crippen molar-refractivity contribution in [3.8, 4) is 0 Å². The van der Waals surface area contributed by atoms with E-state index in [-0.39, 0.29) is 23.4 Å². The molecule has 0 aliphatic carbocycles. The van der Waals surface area contributed by atoms with Gasteiger partial charge in [0.25, 0.3) is 5.91 Å². The van der Waals surface area contributed by atoms with E-state index in [1.54, 1.807) is 37.3 Å². The standard InChI is InChI=1S/C18H17FN4O2/c1-11-10-12(2)23(18(25)21-11)9-8-20-17(24)15-7-6-13-4-3-5-14(19)16(13)22-15/h3-7,10H,8-9H2,1-2H3,(H,20,24). The molecule has 1 N–H and O–H groups in total. The molecule has 1 aromatic carbocycles. The molecule has 128 valence electrons. The number of aryl methyl sites for hydroxylation is 2. The first-order chi connectivity index (χ1) is 12.0. The zero-order valence-corrected chi connectivity index (χ0v) is 13.9. The Hall–Kier alpha value is -3.09. The Morgan fingerprint density at radius 1 is 1.20 bits per heavy atom. The van der Waals surface area contributed by atoms with E-state index in [0.717, 1.165) is 5.69 Å². The molecule has 2 aromatic heterocycles. The Morgan fingerprint density at radius 3 is 2.76 bits per heavy atom. The van der Waals surface area contributed by atoms with Crippen LogP contribution in [0.5, 0.6) is 0 Å². The highest BCUT2D eigenvalue weighted by atomic mass is 19.1. The molecule has 3 aromatic rings. The number of nitrogens with zero attached hydrogens (tertiary/aromatic N) is 3. The minimum absolute atomic E-state index is 0.128. The molecule has 0 bridgehead atoms. The van der Waals surface area contributed by atoms with Crippen molar-refractivity contribution in [3.63, 3.8) is 0 Å². The Bertz CT molecular complexity index is 1010. The SMILES string of the molecule is Cc1cc(C)n(CCNC(=O)c2ccc3cccc(F)c3n2)c(=O)n1. The number of nitrogens with one attached hydrogen (secondary N) is 1. The quantitative estimate of drug-likeness (QED) is 0.788. The average Bonchev–Trinajstić information content (AvgIpc) is 2.57. The maximum absolute atomic E-state index is 13.8. The molecule has 0 fully saturated rings. The van der Waals surface area contributed by atoms with Crippen molar-refractivity contribution in [2.24, 2.45) is 0 Å². The van der Waals surface area contributed by atoms with E-state index in [1.807, 2.05) is 6.92 Å². The number of amides is 1. The van der Waals surface area contributed by atoms with E-state index >= 15 is 0 Å². The number of rotatable bonds is 4. The molecule has 3 rings (SSSR count). The third kappa shape index (κ3) is 3.55. The van der Waals surface area contributed by atoms with Gasteiger partial charge in [-0.3, -0.25) is 9.36 Å². The van der Waals surface area contributed by atoms with Crippen molar-refractivity contribution in [2.45, 2.75) is 20.4 Å². The van der Waals surface area contributed by atoms with E-state index < -0.39 is 11.7 Å². The molecule has 2 heterocycles. The molecular formula is C18H17FN4O2. The highest BCUT2D eigenvalue weighted by Crippen LogP contribution is 2.15. The van der Waals surface area contributed by atoms with Gasteiger partial charge in [-0.15, -0.1) is 0 Å². The second kappa shape index (κ2) is 6.80. The highest BCUT2D eigenvalue weighted by Gasteiger charge is 2.10. The Kier molecular flexibility index (Phi) is 4.56. The molecule has 0 unspecified atom stereocenters. The van der Waals surface area contributed by atoms with Gasteiger partial charge in [-0.1, -0.05) is 18.2 Å². The summed E-state index contributed by atoms with van der Waals surface area (Å²) in [5, 5.41) is 3.32. The van der Waals surface area contributed by atoms with Crippen molar-refractivity contribution < 1.29 is 9.18 Å². The number of carbonyl (C=O) groups excluding carboxylic acids is 1. The molecule has 0 saturated carbocycles. The van der Waals surface area contributed by atoms with Crippen LogP contribution >= 0.6 is 0 Å². The molecule has 0 atom stereocenters. The van der Waals surface area contributed by atoms with Gasteiger partial charge in [0.2, 0.25) is 0 Å². The van der Waals surface area contributed by atoms with E-state index in [0.29, 0.717) is 17.6 Å². The molecule has 7 heteroatoms. The zero-order valence-electron chi connectivity index (χ0n) is 13.9. The topological polar surface area (TPSA) is 76.9 Å². The number of hydrogen-bond acceptors (Lipinski definition) is 4. The van der Waals surface area contributed by atoms with Crippen molar-refractivity contribution >= 4 is 16.8 Å². The van der Waals surface area contributed by atoms with E-state index in [2.05, 4.69) is 15.3 Å². The maximum Gasteiger partial charge on any atom is 0.348 e. The predicted octanol–water partition coefficient (Wildman–Crippen LogP) is 1.98. The van der Waals surface area contributed by atoms with Crippen LogP contribution in [0.1, 0.15) is 21.9 Å².